The third-order valence-corrected chi connectivity index (χ3v) is 2.74. The van der Waals surface area contributed by atoms with Crippen LogP contribution in [0.3, 0.4) is 0 Å². The van der Waals surface area contributed by atoms with Crippen molar-refractivity contribution >= 4 is 10.8 Å². The Morgan fingerprint density at radius 3 is 2.65 bits per heavy atom. The highest BCUT2D eigenvalue weighted by atomic mass is 16.5. The highest BCUT2D eigenvalue weighted by Gasteiger charge is 2.18. The highest BCUT2D eigenvalue weighted by molar-refractivity contribution is 5.89. The van der Waals surface area contributed by atoms with Crippen LogP contribution in [0, 0.1) is 0 Å². The minimum atomic E-state index is -0.634. The molecule has 1 unspecified atom stereocenters. The summed E-state index contributed by atoms with van der Waals surface area (Å²) in [5, 5.41) is 11.7. The summed E-state index contributed by atoms with van der Waals surface area (Å²) in [6, 6.07) is 3.71. The lowest BCUT2D eigenvalue weighted by Crippen LogP contribution is -2.01. The molecule has 0 saturated carbocycles. The Balaban J connectivity index is 2.86. The SMILES string of the molecule is COc1cc2cnccc2c(C(C)O)c1OC. The van der Waals surface area contributed by atoms with Crippen molar-refractivity contribution < 1.29 is 14.6 Å². The van der Waals surface area contributed by atoms with Crippen LogP contribution < -0.4 is 9.47 Å². The quantitative estimate of drug-likeness (QED) is 0.883. The van der Waals surface area contributed by atoms with E-state index in [4.69, 9.17) is 9.47 Å². The number of pyridine rings is 1. The van der Waals surface area contributed by atoms with Gasteiger partial charge in [-0.1, -0.05) is 0 Å². The second kappa shape index (κ2) is 4.59. The van der Waals surface area contributed by atoms with Crippen molar-refractivity contribution in [2.24, 2.45) is 0 Å². The summed E-state index contributed by atoms with van der Waals surface area (Å²) < 4.78 is 10.6. The van der Waals surface area contributed by atoms with Gasteiger partial charge in [0.25, 0.3) is 0 Å². The molecule has 1 aromatic carbocycles. The number of ether oxygens (including phenoxy) is 2. The molecule has 0 aliphatic carbocycles. The second-order valence-electron chi connectivity index (χ2n) is 3.80. The molecule has 0 aliphatic heterocycles. The molecular formula is C13H15NO3. The first-order valence-corrected chi connectivity index (χ1v) is 5.35. The van der Waals surface area contributed by atoms with Crippen LogP contribution in [-0.4, -0.2) is 24.3 Å². The van der Waals surface area contributed by atoms with E-state index in [0.717, 1.165) is 16.3 Å². The van der Waals surface area contributed by atoms with Crippen molar-refractivity contribution in [1.29, 1.82) is 0 Å². The van der Waals surface area contributed by atoms with Crippen LogP contribution in [0.4, 0.5) is 0 Å². The molecule has 1 atom stereocenters. The second-order valence-corrected chi connectivity index (χ2v) is 3.80. The molecular weight excluding hydrogens is 218 g/mol. The number of nitrogens with zero attached hydrogens (tertiary/aromatic N) is 1. The first-order valence-electron chi connectivity index (χ1n) is 5.35. The third-order valence-electron chi connectivity index (χ3n) is 2.74. The van der Waals surface area contributed by atoms with Crippen LogP contribution in [0.25, 0.3) is 10.8 Å². The summed E-state index contributed by atoms with van der Waals surface area (Å²) in [4.78, 5) is 4.07. The lowest BCUT2D eigenvalue weighted by Gasteiger charge is -2.17. The maximum atomic E-state index is 9.90. The van der Waals surface area contributed by atoms with Gasteiger partial charge in [-0.3, -0.25) is 4.98 Å². The molecule has 90 valence electrons. The summed E-state index contributed by atoms with van der Waals surface area (Å²) in [6.07, 6.45) is 2.80. The number of rotatable bonds is 3. The van der Waals surface area contributed by atoms with E-state index in [1.807, 2.05) is 12.1 Å². The Hall–Kier alpha value is -1.81. The van der Waals surface area contributed by atoms with Crippen LogP contribution in [0.2, 0.25) is 0 Å². The minimum absolute atomic E-state index is 0.571. The molecule has 0 spiro atoms. The van der Waals surface area contributed by atoms with Gasteiger partial charge in [0.05, 0.1) is 20.3 Å². The van der Waals surface area contributed by atoms with Crippen LogP contribution in [0.5, 0.6) is 11.5 Å². The number of benzene rings is 1. The number of aromatic nitrogens is 1. The predicted molar refractivity (Wildman–Crippen MR) is 65.5 cm³/mol. The summed E-state index contributed by atoms with van der Waals surface area (Å²) in [5.74, 6) is 1.17. The van der Waals surface area contributed by atoms with Crippen molar-refractivity contribution in [3.8, 4) is 11.5 Å². The van der Waals surface area contributed by atoms with E-state index in [0.29, 0.717) is 11.5 Å². The number of hydrogen-bond donors (Lipinski definition) is 1. The van der Waals surface area contributed by atoms with Gasteiger partial charge in [0.15, 0.2) is 11.5 Å². The van der Waals surface area contributed by atoms with Gasteiger partial charge in [0, 0.05) is 23.3 Å². The summed E-state index contributed by atoms with van der Waals surface area (Å²) in [7, 11) is 3.14. The van der Waals surface area contributed by atoms with Gasteiger partial charge in [-0.15, -0.1) is 0 Å². The molecule has 0 fully saturated rings. The predicted octanol–water partition coefficient (Wildman–Crippen LogP) is 2.31. The van der Waals surface area contributed by atoms with Gasteiger partial charge in [0.2, 0.25) is 0 Å². The Morgan fingerprint density at radius 2 is 2.06 bits per heavy atom. The van der Waals surface area contributed by atoms with Crippen molar-refractivity contribution in [3.05, 3.63) is 30.1 Å². The average Bonchev–Trinajstić information content (AvgIpc) is 2.35. The summed E-state index contributed by atoms with van der Waals surface area (Å²) in [5.41, 5.74) is 0.726. The van der Waals surface area contributed by atoms with E-state index in [1.165, 1.54) is 0 Å². The summed E-state index contributed by atoms with van der Waals surface area (Å²) >= 11 is 0. The molecule has 2 rings (SSSR count). The Morgan fingerprint density at radius 1 is 1.29 bits per heavy atom. The molecule has 1 N–H and O–H groups in total. The van der Waals surface area contributed by atoms with Gasteiger partial charge in [-0.2, -0.15) is 0 Å². The highest BCUT2D eigenvalue weighted by Crippen LogP contribution is 2.40. The van der Waals surface area contributed by atoms with Crippen molar-refractivity contribution in [3.63, 3.8) is 0 Å². The molecule has 0 saturated heterocycles. The fourth-order valence-electron chi connectivity index (χ4n) is 2.01. The largest absolute Gasteiger partial charge is 0.493 e. The Kier molecular flexibility index (Phi) is 3.15. The number of hydrogen-bond acceptors (Lipinski definition) is 4. The molecule has 2 aromatic rings. The van der Waals surface area contributed by atoms with E-state index in [9.17, 15) is 5.11 Å². The van der Waals surface area contributed by atoms with Gasteiger partial charge >= 0.3 is 0 Å². The zero-order chi connectivity index (χ0) is 12.4. The van der Waals surface area contributed by atoms with E-state index in [1.54, 1.807) is 33.5 Å². The van der Waals surface area contributed by atoms with Crippen LogP contribution in [-0.2, 0) is 0 Å². The molecule has 0 radical (unpaired) electrons. The monoisotopic (exact) mass is 233 g/mol. The Labute approximate surface area is 99.8 Å². The molecule has 4 heteroatoms. The lowest BCUT2D eigenvalue weighted by molar-refractivity contribution is 0.194. The van der Waals surface area contributed by atoms with Crippen molar-refractivity contribution in [2.45, 2.75) is 13.0 Å². The van der Waals surface area contributed by atoms with E-state index < -0.39 is 6.10 Å². The number of aliphatic hydroxyl groups is 1. The fourth-order valence-corrected chi connectivity index (χ4v) is 2.01. The van der Waals surface area contributed by atoms with E-state index >= 15 is 0 Å². The minimum Gasteiger partial charge on any atom is -0.493 e. The number of aliphatic hydroxyl groups excluding tert-OH is 1. The molecule has 0 amide bonds. The Bertz CT molecular complexity index is 537. The number of fused-ring (bicyclic) bond motifs is 1. The topological polar surface area (TPSA) is 51.6 Å². The molecule has 17 heavy (non-hydrogen) atoms. The van der Waals surface area contributed by atoms with Crippen LogP contribution in [0.1, 0.15) is 18.6 Å². The van der Waals surface area contributed by atoms with Gasteiger partial charge < -0.3 is 14.6 Å². The van der Waals surface area contributed by atoms with Gasteiger partial charge in [-0.05, 0) is 24.4 Å². The summed E-state index contributed by atoms with van der Waals surface area (Å²) in [6.45, 7) is 1.71. The van der Waals surface area contributed by atoms with Gasteiger partial charge in [-0.25, -0.2) is 0 Å². The average molecular weight is 233 g/mol. The lowest BCUT2D eigenvalue weighted by atomic mass is 10.0. The molecule has 4 nitrogen and oxygen atoms in total. The van der Waals surface area contributed by atoms with Crippen molar-refractivity contribution in [2.75, 3.05) is 14.2 Å². The smallest absolute Gasteiger partial charge is 0.167 e. The van der Waals surface area contributed by atoms with E-state index in [2.05, 4.69) is 4.98 Å². The zero-order valence-corrected chi connectivity index (χ0v) is 10.1. The first-order chi connectivity index (χ1) is 8.19. The first kappa shape index (κ1) is 11.7. The van der Waals surface area contributed by atoms with E-state index in [-0.39, 0.29) is 0 Å². The normalized spacial score (nSPS) is 12.5. The third kappa shape index (κ3) is 1.91. The van der Waals surface area contributed by atoms with Gasteiger partial charge in [0.1, 0.15) is 0 Å². The van der Waals surface area contributed by atoms with Crippen LogP contribution in [0.15, 0.2) is 24.5 Å². The molecule has 0 bridgehead atoms. The molecule has 1 aromatic heterocycles. The standard InChI is InChI=1S/C13H15NO3/c1-8(15)12-10-4-5-14-7-9(10)6-11(16-2)13(12)17-3/h4-8,15H,1-3H3. The van der Waals surface area contributed by atoms with Crippen molar-refractivity contribution in [1.82, 2.24) is 4.98 Å². The van der Waals surface area contributed by atoms with Crippen LogP contribution >= 0.6 is 0 Å². The maximum Gasteiger partial charge on any atom is 0.167 e. The molecule has 1 heterocycles. The zero-order valence-electron chi connectivity index (χ0n) is 10.1. The fraction of sp³-hybridized carbons (Fsp3) is 0.308. The maximum absolute atomic E-state index is 9.90. The molecule has 0 aliphatic rings. The number of methoxy groups -OCH3 is 2.